The predicted molar refractivity (Wildman–Crippen MR) is 71.6 cm³/mol. The first-order valence-corrected chi connectivity index (χ1v) is 7.10. The standard InChI is InChI=1S/C14H21N3O2/c18-14(13-4-1-5-15-13)17-8-6-16(7-9-17)11-12-3-2-10-19-12/h2-3,10,13,15H,1,4-9,11H2/t13-/m0/s1. The molecule has 0 radical (unpaired) electrons. The van der Waals surface area contributed by atoms with E-state index in [1.54, 1.807) is 6.26 Å². The zero-order valence-electron chi connectivity index (χ0n) is 11.2. The third-order valence-corrected chi connectivity index (χ3v) is 4.00. The molecule has 0 bridgehead atoms. The van der Waals surface area contributed by atoms with Gasteiger partial charge in [0, 0.05) is 26.2 Å². The summed E-state index contributed by atoms with van der Waals surface area (Å²) >= 11 is 0. The van der Waals surface area contributed by atoms with Gasteiger partial charge in [0.05, 0.1) is 18.8 Å². The van der Waals surface area contributed by atoms with Gasteiger partial charge >= 0.3 is 0 Å². The second kappa shape index (κ2) is 5.75. The molecule has 2 aliphatic heterocycles. The number of carbonyl (C=O) groups is 1. The molecular formula is C14H21N3O2. The van der Waals surface area contributed by atoms with Crippen LogP contribution in [0.4, 0.5) is 0 Å². The van der Waals surface area contributed by atoms with Gasteiger partial charge in [0.25, 0.3) is 0 Å². The summed E-state index contributed by atoms with van der Waals surface area (Å²) in [6.45, 7) is 5.35. The van der Waals surface area contributed by atoms with Crippen molar-refractivity contribution in [2.24, 2.45) is 0 Å². The first-order valence-electron chi connectivity index (χ1n) is 7.10. The molecule has 0 saturated carbocycles. The van der Waals surface area contributed by atoms with Gasteiger partial charge in [-0.05, 0) is 31.5 Å². The van der Waals surface area contributed by atoms with E-state index in [0.717, 1.165) is 57.9 Å². The highest BCUT2D eigenvalue weighted by atomic mass is 16.3. The van der Waals surface area contributed by atoms with Gasteiger partial charge in [-0.15, -0.1) is 0 Å². The topological polar surface area (TPSA) is 48.7 Å². The zero-order chi connectivity index (χ0) is 13.1. The van der Waals surface area contributed by atoms with E-state index in [9.17, 15) is 4.79 Å². The van der Waals surface area contributed by atoms with E-state index in [2.05, 4.69) is 10.2 Å². The Labute approximate surface area is 113 Å². The van der Waals surface area contributed by atoms with Gasteiger partial charge in [0.2, 0.25) is 5.91 Å². The minimum Gasteiger partial charge on any atom is -0.468 e. The summed E-state index contributed by atoms with van der Waals surface area (Å²) < 4.78 is 5.36. The maximum absolute atomic E-state index is 12.3. The Morgan fingerprint density at radius 1 is 1.37 bits per heavy atom. The molecule has 5 nitrogen and oxygen atoms in total. The molecule has 1 atom stereocenters. The third-order valence-electron chi connectivity index (χ3n) is 4.00. The van der Waals surface area contributed by atoms with Crippen LogP contribution in [0.25, 0.3) is 0 Å². The van der Waals surface area contributed by atoms with Crippen LogP contribution in [0.3, 0.4) is 0 Å². The normalized spacial score (nSPS) is 24.8. The van der Waals surface area contributed by atoms with Crippen LogP contribution in [0.1, 0.15) is 18.6 Å². The molecule has 1 aromatic heterocycles. The lowest BCUT2D eigenvalue weighted by Crippen LogP contribution is -2.52. The van der Waals surface area contributed by atoms with Crippen molar-refractivity contribution in [3.8, 4) is 0 Å². The lowest BCUT2D eigenvalue weighted by atomic mass is 10.2. The lowest BCUT2D eigenvalue weighted by Gasteiger charge is -2.35. The Balaban J connectivity index is 1.47. The number of amides is 1. The first kappa shape index (κ1) is 12.7. The maximum Gasteiger partial charge on any atom is 0.239 e. The van der Waals surface area contributed by atoms with Gasteiger partial charge in [0.15, 0.2) is 0 Å². The second-order valence-electron chi connectivity index (χ2n) is 5.33. The molecule has 1 aromatic rings. The summed E-state index contributed by atoms with van der Waals surface area (Å²) in [7, 11) is 0. The number of hydrogen-bond donors (Lipinski definition) is 1. The Bertz CT molecular complexity index is 404. The number of nitrogens with one attached hydrogen (secondary N) is 1. The molecule has 3 rings (SSSR count). The van der Waals surface area contributed by atoms with Gasteiger partial charge in [-0.3, -0.25) is 9.69 Å². The average Bonchev–Trinajstić information content (AvgIpc) is 3.12. The highest BCUT2D eigenvalue weighted by molar-refractivity contribution is 5.82. The molecule has 0 unspecified atom stereocenters. The van der Waals surface area contributed by atoms with Crippen molar-refractivity contribution in [2.45, 2.75) is 25.4 Å². The molecule has 0 aromatic carbocycles. The monoisotopic (exact) mass is 263 g/mol. The Kier molecular flexibility index (Phi) is 3.84. The van der Waals surface area contributed by atoms with Crippen molar-refractivity contribution >= 4 is 5.91 Å². The highest BCUT2D eigenvalue weighted by Gasteiger charge is 2.29. The van der Waals surface area contributed by atoms with E-state index in [-0.39, 0.29) is 11.9 Å². The van der Waals surface area contributed by atoms with Crippen molar-refractivity contribution in [3.05, 3.63) is 24.2 Å². The summed E-state index contributed by atoms with van der Waals surface area (Å²) in [6, 6.07) is 3.98. The molecule has 5 heteroatoms. The SMILES string of the molecule is O=C([C@@H]1CCCN1)N1CCN(Cc2ccco2)CC1. The van der Waals surface area contributed by atoms with Gasteiger partial charge < -0.3 is 14.6 Å². The van der Waals surface area contributed by atoms with Crippen LogP contribution >= 0.6 is 0 Å². The van der Waals surface area contributed by atoms with Crippen molar-refractivity contribution in [1.82, 2.24) is 15.1 Å². The maximum atomic E-state index is 12.3. The quantitative estimate of drug-likeness (QED) is 0.871. The molecule has 3 heterocycles. The molecule has 104 valence electrons. The largest absolute Gasteiger partial charge is 0.468 e. The molecule has 0 spiro atoms. The predicted octanol–water partition coefficient (Wildman–Crippen LogP) is 0.676. The average molecular weight is 263 g/mol. The molecule has 2 saturated heterocycles. The second-order valence-corrected chi connectivity index (χ2v) is 5.33. The van der Waals surface area contributed by atoms with Gasteiger partial charge in [-0.25, -0.2) is 0 Å². The smallest absolute Gasteiger partial charge is 0.239 e. The molecule has 1 N–H and O–H groups in total. The van der Waals surface area contributed by atoms with Crippen molar-refractivity contribution in [2.75, 3.05) is 32.7 Å². The number of nitrogens with zero attached hydrogens (tertiary/aromatic N) is 2. The first-order chi connectivity index (χ1) is 9.33. The van der Waals surface area contributed by atoms with Crippen LogP contribution in [0, 0.1) is 0 Å². The lowest BCUT2D eigenvalue weighted by molar-refractivity contribution is -0.134. The minimum absolute atomic E-state index is 0.0663. The zero-order valence-corrected chi connectivity index (χ0v) is 11.2. The number of carbonyl (C=O) groups excluding carboxylic acids is 1. The van der Waals surface area contributed by atoms with Gasteiger partial charge in [-0.2, -0.15) is 0 Å². The van der Waals surface area contributed by atoms with Crippen LogP contribution < -0.4 is 5.32 Å². The summed E-state index contributed by atoms with van der Waals surface area (Å²) in [5.41, 5.74) is 0. The van der Waals surface area contributed by atoms with E-state index < -0.39 is 0 Å². The molecule has 2 aliphatic rings. The third kappa shape index (κ3) is 2.98. The van der Waals surface area contributed by atoms with E-state index in [4.69, 9.17) is 4.42 Å². The van der Waals surface area contributed by atoms with E-state index in [1.165, 1.54) is 0 Å². The summed E-state index contributed by atoms with van der Waals surface area (Å²) in [5.74, 6) is 1.28. The van der Waals surface area contributed by atoms with Crippen LogP contribution in [0.5, 0.6) is 0 Å². The molecule has 19 heavy (non-hydrogen) atoms. The number of piperazine rings is 1. The summed E-state index contributed by atoms with van der Waals surface area (Å²) in [4.78, 5) is 16.6. The number of furan rings is 1. The Morgan fingerprint density at radius 2 is 2.21 bits per heavy atom. The molecular weight excluding hydrogens is 242 g/mol. The van der Waals surface area contributed by atoms with Crippen LogP contribution in [0.15, 0.2) is 22.8 Å². The van der Waals surface area contributed by atoms with E-state index in [0.29, 0.717) is 0 Å². The van der Waals surface area contributed by atoms with Crippen molar-refractivity contribution in [1.29, 1.82) is 0 Å². The van der Waals surface area contributed by atoms with Crippen LogP contribution in [-0.2, 0) is 11.3 Å². The number of hydrogen-bond acceptors (Lipinski definition) is 4. The molecule has 1 amide bonds. The molecule has 0 aliphatic carbocycles. The van der Waals surface area contributed by atoms with Crippen LogP contribution in [-0.4, -0.2) is 54.5 Å². The Morgan fingerprint density at radius 3 is 2.84 bits per heavy atom. The van der Waals surface area contributed by atoms with Crippen molar-refractivity contribution in [3.63, 3.8) is 0 Å². The minimum atomic E-state index is 0.0663. The fourth-order valence-electron chi connectivity index (χ4n) is 2.87. The fraction of sp³-hybridized carbons (Fsp3) is 0.643. The van der Waals surface area contributed by atoms with Crippen LogP contribution in [0.2, 0.25) is 0 Å². The summed E-state index contributed by atoms with van der Waals surface area (Å²) in [6.07, 6.45) is 3.82. The molecule has 2 fully saturated rings. The van der Waals surface area contributed by atoms with E-state index in [1.807, 2.05) is 17.0 Å². The highest BCUT2D eigenvalue weighted by Crippen LogP contribution is 2.13. The van der Waals surface area contributed by atoms with E-state index >= 15 is 0 Å². The number of rotatable bonds is 3. The summed E-state index contributed by atoms with van der Waals surface area (Å²) in [5, 5.41) is 3.28. The van der Waals surface area contributed by atoms with Gasteiger partial charge in [0.1, 0.15) is 5.76 Å². The fourth-order valence-corrected chi connectivity index (χ4v) is 2.87. The van der Waals surface area contributed by atoms with Crippen molar-refractivity contribution < 1.29 is 9.21 Å². The Hall–Kier alpha value is -1.33. The van der Waals surface area contributed by atoms with Gasteiger partial charge in [-0.1, -0.05) is 0 Å².